The number of nitrogens with two attached hydrogens (primary N) is 1. The van der Waals surface area contributed by atoms with Crippen LogP contribution in [0.15, 0.2) is 66.0 Å². The molecule has 1 heterocycles. The van der Waals surface area contributed by atoms with Gasteiger partial charge in [-0.25, -0.2) is 19.6 Å². The van der Waals surface area contributed by atoms with Gasteiger partial charge in [0.15, 0.2) is 5.13 Å². The summed E-state index contributed by atoms with van der Waals surface area (Å²) in [7, 11) is -3.73. The van der Waals surface area contributed by atoms with E-state index in [2.05, 4.69) is 20.3 Å². The SMILES string of the molecule is NS(=O)(=O)NCCCCC[C@H](NC(=O)OCc1ccccc1)C(=O)Nc1nc(-c2ccccc2)cs1. The van der Waals surface area contributed by atoms with Crippen molar-refractivity contribution in [1.29, 1.82) is 0 Å². The first-order valence-electron chi connectivity index (χ1n) is 11.4. The van der Waals surface area contributed by atoms with Crippen molar-refractivity contribution >= 4 is 38.7 Å². The van der Waals surface area contributed by atoms with Crippen molar-refractivity contribution in [3.63, 3.8) is 0 Å². The Morgan fingerprint density at radius 1 is 1.00 bits per heavy atom. The normalized spacial score (nSPS) is 12.0. The quantitative estimate of drug-likeness (QED) is 0.248. The van der Waals surface area contributed by atoms with E-state index in [1.807, 2.05) is 66.0 Å². The molecule has 0 aliphatic rings. The maximum atomic E-state index is 13.0. The molecular formula is C24H29N5O5S2. The number of hydrogen-bond donors (Lipinski definition) is 4. The predicted octanol–water partition coefficient (Wildman–Crippen LogP) is 3.40. The number of carbonyl (C=O) groups is 2. The van der Waals surface area contributed by atoms with Gasteiger partial charge >= 0.3 is 6.09 Å². The van der Waals surface area contributed by atoms with E-state index in [4.69, 9.17) is 9.88 Å². The van der Waals surface area contributed by atoms with Crippen molar-refractivity contribution < 1.29 is 22.7 Å². The number of nitrogens with one attached hydrogen (secondary N) is 3. The second-order valence-electron chi connectivity index (χ2n) is 7.94. The number of aromatic nitrogens is 1. The van der Waals surface area contributed by atoms with Crippen molar-refractivity contribution in [1.82, 2.24) is 15.0 Å². The fraction of sp³-hybridized carbons (Fsp3) is 0.292. The maximum Gasteiger partial charge on any atom is 0.408 e. The first-order valence-corrected chi connectivity index (χ1v) is 13.8. The van der Waals surface area contributed by atoms with E-state index in [-0.39, 0.29) is 13.2 Å². The van der Waals surface area contributed by atoms with Crippen LogP contribution >= 0.6 is 11.3 Å². The summed E-state index contributed by atoms with van der Waals surface area (Å²) in [5.41, 5.74) is 2.50. The number of hydrogen-bond acceptors (Lipinski definition) is 7. The monoisotopic (exact) mass is 531 g/mol. The number of amides is 2. The fourth-order valence-electron chi connectivity index (χ4n) is 3.31. The third kappa shape index (κ3) is 9.74. The Morgan fingerprint density at radius 2 is 1.69 bits per heavy atom. The number of benzene rings is 2. The van der Waals surface area contributed by atoms with Gasteiger partial charge in [-0.1, -0.05) is 73.5 Å². The molecule has 0 spiro atoms. The molecule has 5 N–H and O–H groups in total. The molecule has 36 heavy (non-hydrogen) atoms. The highest BCUT2D eigenvalue weighted by atomic mass is 32.2. The molecule has 0 unspecified atom stereocenters. The highest BCUT2D eigenvalue weighted by Crippen LogP contribution is 2.24. The smallest absolute Gasteiger partial charge is 0.408 e. The van der Waals surface area contributed by atoms with Crippen LogP contribution in [0.25, 0.3) is 11.3 Å². The number of anilines is 1. The zero-order valence-corrected chi connectivity index (χ0v) is 21.2. The van der Waals surface area contributed by atoms with E-state index in [0.29, 0.717) is 30.8 Å². The summed E-state index contributed by atoms with van der Waals surface area (Å²) < 4.78 is 29.4. The van der Waals surface area contributed by atoms with Crippen LogP contribution < -0.4 is 20.5 Å². The average molecular weight is 532 g/mol. The maximum absolute atomic E-state index is 13.0. The summed E-state index contributed by atoms with van der Waals surface area (Å²) in [6.45, 7) is 0.275. The van der Waals surface area contributed by atoms with Gasteiger partial charge in [-0.15, -0.1) is 11.3 Å². The minimum Gasteiger partial charge on any atom is -0.445 e. The van der Waals surface area contributed by atoms with Gasteiger partial charge in [0.05, 0.1) is 5.69 Å². The van der Waals surface area contributed by atoms with E-state index in [1.54, 1.807) is 0 Å². The molecule has 2 amide bonds. The molecule has 1 aromatic heterocycles. The molecule has 0 aliphatic carbocycles. The molecule has 0 saturated carbocycles. The van der Waals surface area contributed by atoms with Crippen LogP contribution in [0.2, 0.25) is 0 Å². The predicted molar refractivity (Wildman–Crippen MR) is 139 cm³/mol. The lowest BCUT2D eigenvalue weighted by atomic mass is 10.1. The van der Waals surface area contributed by atoms with Crippen molar-refractivity contribution in [2.24, 2.45) is 5.14 Å². The molecule has 192 valence electrons. The molecule has 3 rings (SSSR count). The summed E-state index contributed by atoms with van der Waals surface area (Å²) in [6.07, 6.45) is 1.35. The third-order valence-corrected chi connectivity index (χ3v) is 6.46. The molecule has 12 heteroatoms. The molecule has 3 aromatic rings. The van der Waals surface area contributed by atoms with Crippen LogP contribution in [0.5, 0.6) is 0 Å². The standard InChI is InChI=1S/C24H29N5O5S2/c25-36(32,33)26-15-9-3-8-14-20(28-24(31)34-16-18-10-4-1-5-11-18)22(30)29-23-27-21(17-35-23)19-12-6-2-7-13-19/h1-2,4-7,10-13,17,20,26H,3,8-9,14-16H2,(H,28,31)(H2,25,32,33)(H,27,29,30)/t20-/m0/s1. The minimum absolute atomic E-state index is 0.0765. The van der Waals surface area contributed by atoms with Gasteiger partial charge in [0.2, 0.25) is 5.91 Å². The van der Waals surface area contributed by atoms with Crippen LogP contribution in [0.3, 0.4) is 0 Å². The third-order valence-electron chi connectivity index (χ3n) is 5.10. The van der Waals surface area contributed by atoms with Crippen molar-refractivity contribution in [2.45, 2.75) is 38.3 Å². The molecule has 0 radical (unpaired) electrons. The number of ether oxygens (including phenoxy) is 1. The van der Waals surface area contributed by atoms with Crippen molar-refractivity contribution in [3.8, 4) is 11.3 Å². The number of thiazole rings is 1. The summed E-state index contributed by atoms with van der Waals surface area (Å²) in [4.78, 5) is 29.9. The summed E-state index contributed by atoms with van der Waals surface area (Å²) in [5.74, 6) is -0.414. The van der Waals surface area contributed by atoms with Gasteiger partial charge in [-0.3, -0.25) is 4.79 Å². The average Bonchev–Trinajstić information content (AvgIpc) is 3.33. The topological polar surface area (TPSA) is 153 Å². The first-order chi connectivity index (χ1) is 17.3. The van der Waals surface area contributed by atoms with Gasteiger partial charge in [-0.05, 0) is 18.4 Å². The van der Waals surface area contributed by atoms with Crippen LogP contribution in [0, 0.1) is 0 Å². The molecular weight excluding hydrogens is 502 g/mol. The van der Waals surface area contributed by atoms with Gasteiger partial charge in [0.1, 0.15) is 12.6 Å². The molecule has 10 nitrogen and oxygen atoms in total. The molecule has 1 atom stereocenters. The molecule has 0 saturated heterocycles. The highest BCUT2D eigenvalue weighted by molar-refractivity contribution is 7.87. The van der Waals surface area contributed by atoms with Gasteiger partial charge < -0.3 is 15.4 Å². The molecule has 2 aromatic carbocycles. The highest BCUT2D eigenvalue weighted by Gasteiger charge is 2.22. The van der Waals surface area contributed by atoms with Crippen LogP contribution in [-0.2, 0) is 26.3 Å². The first kappa shape index (κ1) is 27.3. The zero-order chi connectivity index (χ0) is 25.8. The molecule has 0 aliphatic heterocycles. The van der Waals surface area contributed by atoms with Crippen molar-refractivity contribution in [3.05, 3.63) is 71.6 Å². The Balaban J connectivity index is 1.56. The van der Waals surface area contributed by atoms with E-state index >= 15 is 0 Å². The largest absolute Gasteiger partial charge is 0.445 e. The Kier molecular flexibility index (Phi) is 10.4. The number of nitrogens with zero attached hydrogens (tertiary/aromatic N) is 1. The summed E-state index contributed by atoms with van der Waals surface area (Å²) in [5, 5.41) is 12.6. The second-order valence-corrected chi connectivity index (χ2v) is 10.2. The minimum atomic E-state index is -3.73. The second kappa shape index (κ2) is 13.7. The van der Waals surface area contributed by atoms with Gasteiger partial charge in [-0.2, -0.15) is 8.42 Å². The fourth-order valence-corrected chi connectivity index (χ4v) is 4.46. The van der Waals surface area contributed by atoms with E-state index in [0.717, 1.165) is 16.8 Å². The van der Waals surface area contributed by atoms with E-state index in [9.17, 15) is 18.0 Å². The van der Waals surface area contributed by atoms with Gasteiger partial charge in [0.25, 0.3) is 10.2 Å². The Bertz CT molecular complexity index is 1220. The van der Waals surface area contributed by atoms with Gasteiger partial charge in [0, 0.05) is 17.5 Å². The lowest BCUT2D eigenvalue weighted by molar-refractivity contribution is -0.118. The van der Waals surface area contributed by atoms with Crippen LogP contribution in [0.4, 0.5) is 9.93 Å². The summed E-state index contributed by atoms with van der Waals surface area (Å²) in [6, 6.07) is 17.9. The Morgan fingerprint density at radius 3 is 2.39 bits per heavy atom. The molecule has 0 fully saturated rings. The number of rotatable bonds is 13. The number of unbranched alkanes of at least 4 members (excludes halogenated alkanes) is 2. The lowest BCUT2D eigenvalue weighted by Gasteiger charge is -2.17. The Hall–Kier alpha value is -3.32. The van der Waals surface area contributed by atoms with E-state index < -0.39 is 28.3 Å². The number of carbonyl (C=O) groups excluding carboxylic acids is 2. The van der Waals surface area contributed by atoms with Crippen molar-refractivity contribution in [2.75, 3.05) is 11.9 Å². The van der Waals surface area contributed by atoms with Crippen LogP contribution in [0.1, 0.15) is 31.2 Å². The molecule has 0 bridgehead atoms. The summed E-state index contributed by atoms with van der Waals surface area (Å²) >= 11 is 1.29. The Labute approximate surface area is 214 Å². The zero-order valence-electron chi connectivity index (χ0n) is 19.6. The van der Waals surface area contributed by atoms with Crippen LogP contribution in [-0.4, -0.2) is 38.0 Å². The number of alkyl carbamates (subject to hydrolysis) is 1. The lowest BCUT2D eigenvalue weighted by Crippen LogP contribution is -2.44. The van der Waals surface area contributed by atoms with E-state index in [1.165, 1.54) is 11.3 Å².